The van der Waals surface area contributed by atoms with Crippen LogP contribution in [0.15, 0.2) is 72.8 Å². The van der Waals surface area contributed by atoms with Crippen LogP contribution in [0.3, 0.4) is 0 Å². The van der Waals surface area contributed by atoms with Crippen LogP contribution in [0, 0.1) is 0 Å². The van der Waals surface area contributed by atoms with Gasteiger partial charge in [0.05, 0.1) is 0 Å². The quantitative estimate of drug-likeness (QED) is 0.735. The number of hydrogen-bond donors (Lipinski definition) is 1. The summed E-state index contributed by atoms with van der Waals surface area (Å²) in [5.41, 5.74) is 1.08. The van der Waals surface area contributed by atoms with E-state index < -0.39 is 6.10 Å². The number of carbonyl (C=O) groups is 1. The maximum absolute atomic E-state index is 12.4. The van der Waals surface area contributed by atoms with Gasteiger partial charge >= 0.3 is 0 Å². The van der Waals surface area contributed by atoms with Gasteiger partial charge in [0.1, 0.15) is 5.75 Å². The second-order valence-electron chi connectivity index (χ2n) is 5.73. The van der Waals surface area contributed by atoms with E-state index >= 15 is 0 Å². The van der Waals surface area contributed by atoms with Crippen LogP contribution in [0.1, 0.15) is 18.9 Å². The molecule has 0 heterocycles. The number of nitrogens with one attached hydrogen (secondary N) is 1. The molecule has 0 bridgehead atoms. The molecular formula is C21H21NO2. The molecule has 0 aromatic heterocycles. The lowest BCUT2D eigenvalue weighted by atomic mass is 10.1. The first kappa shape index (κ1) is 16.1. The Morgan fingerprint density at radius 3 is 2.42 bits per heavy atom. The molecule has 3 nitrogen and oxygen atoms in total. The van der Waals surface area contributed by atoms with E-state index in [0.717, 1.165) is 5.56 Å². The van der Waals surface area contributed by atoms with Crippen molar-refractivity contribution in [3.63, 3.8) is 0 Å². The van der Waals surface area contributed by atoms with Crippen molar-refractivity contribution in [1.29, 1.82) is 0 Å². The average Bonchev–Trinajstić information content (AvgIpc) is 2.65. The minimum absolute atomic E-state index is 0.0884. The number of fused-ring (bicyclic) bond motifs is 1. The van der Waals surface area contributed by atoms with Gasteiger partial charge < -0.3 is 10.1 Å². The molecule has 122 valence electrons. The standard InChI is InChI=1S/C21H21NO2/c1-2-20(24-19-10-4-3-5-11-19)21(23)22-15-16-12-13-17-8-6-7-9-18(17)14-16/h3-14,20H,2,15H2,1H3,(H,22,23)/t20-/m0/s1. The van der Waals surface area contributed by atoms with E-state index in [0.29, 0.717) is 18.7 Å². The summed E-state index contributed by atoms with van der Waals surface area (Å²) in [6.45, 7) is 2.45. The first-order valence-corrected chi connectivity index (χ1v) is 8.23. The van der Waals surface area contributed by atoms with Gasteiger partial charge in [0.25, 0.3) is 5.91 Å². The number of rotatable bonds is 6. The summed E-state index contributed by atoms with van der Waals surface area (Å²) < 4.78 is 5.77. The minimum atomic E-state index is -0.479. The monoisotopic (exact) mass is 319 g/mol. The third kappa shape index (κ3) is 3.93. The molecule has 0 saturated carbocycles. The van der Waals surface area contributed by atoms with E-state index in [2.05, 4.69) is 29.6 Å². The summed E-state index contributed by atoms with van der Waals surface area (Å²) in [4.78, 5) is 12.4. The summed E-state index contributed by atoms with van der Waals surface area (Å²) in [6, 6.07) is 23.9. The fraction of sp³-hybridized carbons (Fsp3) is 0.190. The molecule has 1 N–H and O–H groups in total. The largest absolute Gasteiger partial charge is 0.481 e. The number of para-hydroxylation sites is 1. The maximum atomic E-state index is 12.4. The average molecular weight is 319 g/mol. The van der Waals surface area contributed by atoms with Crippen molar-refractivity contribution < 1.29 is 9.53 Å². The van der Waals surface area contributed by atoms with Gasteiger partial charge in [-0.15, -0.1) is 0 Å². The first-order chi connectivity index (χ1) is 11.8. The van der Waals surface area contributed by atoms with Crippen molar-refractivity contribution in [2.45, 2.75) is 26.0 Å². The van der Waals surface area contributed by atoms with Gasteiger partial charge in [-0.2, -0.15) is 0 Å². The Labute approximate surface area is 142 Å². The molecule has 0 aliphatic carbocycles. The lowest BCUT2D eigenvalue weighted by molar-refractivity contribution is -0.128. The highest BCUT2D eigenvalue weighted by molar-refractivity contribution is 5.83. The Morgan fingerprint density at radius 2 is 1.67 bits per heavy atom. The van der Waals surface area contributed by atoms with Gasteiger partial charge in [-0.25, -0.2) is 0 Å². The van der Waals surface area contributed by atoms with E-state index in [1.54, 1.807) is 0 Å². The van der Waals surface area contributed by atoms with E-state index in [-0.39, 0.29) is 5.91 Å². The van der Waals surface area contributed by atoms with Gasteiger partial charge in [-0.1, -0.05) is 61.5 Å². The van der Waals surface area contributed by atoms with Crippen molar-refractivity contribution in [3.05, 3.63) is 78.4 Å². The Balaban J connectivity index is 1.62. The van der Waals surface area contributed by atoms with Crippen LogP contribution in [0.4, 0.5) is 0 Å². The molecule has 1 atom stereocenters. The van der Waals surface area contributed by atoms with Gasteiger partial charge in [-0.3, -0.25) is 4.79 Å². The zero-order valence-corrected chi connectivity index (χ0v) is 13.7. The topological polar surface area (TPSA) is 38.3 Å². The van der Waals surface area contributed by atoms with Crippen LogP contribution in [0.5, 0.6) is 5.75 Å². The predicted octanol–water partition coefficient (Wildman–Crippen LogP) is 4.31. The first-order valence-electron chi connectivity index (χ1n) is 8.23. The van der Waals surface area contributed by atoms with E-state index in [1.165, 1.54) is 10.8 Å². The fourth-order valence-electron chi connectivity index (χ4n) is 2.64. The number of benzene rings is 3. The molecule has 0 radical (unpaired) electrons. The molecule has 3 heteroatoms. The van der Waals surface area contributed by atoms with Gasteiger partial charge in [-0.05, 0) is 41.0 Å². The van der Waals surface area contributed by atoms with E-state index in [4.69, 9.17) is 4.74 Å². The van der Waals surface area contributed by atoms with Crippen molar-refractivity contribution in [2.75, 3.05) is 0 Å². The zero-order chi connectivity index (χ0) is 16.8. The molecule has 0 fully saturated rings. The number of ether oxygens (including phenoxy) is 1. The van der Waals surface area contributed by atoms with Crippen molar-refractivity contribution in [1.82, 2.24) is 5.32 Å². The molecule has 0 aliphatic rings. The maximum Gasteiger partial charge on any atom is 0.261 e. The van der Waals surface area contributed by atoms with Crippen molar-refractivity contribution >= 4 is 16.7 Å². The zero-order valence-electron chi connectivity index (χ0n) is 13.7. The Hall–Kier alpha value is -2.81. The number of hydrogen-bond acceptors (Lipinski definition) is 2. The molecule has 0 saturated heterocycles. The van der Waals surface area contributed by atoms with Crippen molar-refractivity contribution in [3.8, 4) is 5.75 Å². The Kier molecular flexibility index (Phi) is 5.12. The molecule has 3 rings (SSSR count). The Morgan fingerprint density at radius 1 is 0.958 bits per heavy atom. The van der Waals surface area contributed by atoms with Crippen LogP contribution < -0.4 is 10.1 Å². The van der Waals surface area contributed by atoms with Crippen molar-refractivity contribution in [2.24, 2.45) is 0 Å². The molecular weight excluding hydrogens is 298 g/mol. The third-order valence-corrected chi connectivity index (χ3v) is 3.97. The molecule has 0 spiro atoms. The molecule has 3 aromatic carbocycles. The van der Waals surface area contributed by atoms with Crippen LogP contribution in [0.2, 0.25) is 0 Å². The summed E-state index contributed by atoms with van der Waals surface area (Å²) >= 11 is 0. The minimum Gasteiger partial charge on any atom is -0.481 e. The summed E-state index contributed by atoms with van der Waals surface area (Å²) in [5, 5.41) is 5.35. The Bertz CT molecular complexity index is 814. The van der Waals surface area contributed by atoms with Gasteiger partial charge in [0.15, 0.2) is 6.10 Å². The molecule has 1 amide bonds. The SMILES string of the molecule is CC[C@H](Oc1ccccc1)C(=O)NCc1ccc2ccccc2c1. The predicted molar refractivity (Wildman–Crippen MR) is 96.9 cm³/mol. The second kappa shape index (κ2) is 7.64. The molecule has 3 aromatic rings. The third-order valence-electron chi connectivity index (χ3n) is 3.97. The normalized spacial score (nSPS) is 11.9. The van der Waals surface area contributed by atoms with Crippen LogP contribution in [-0.4, -0.2) is 12.0 Å². The fourth-order valence-corrected chi connectivity index (χ4v) is 2.64. The highest BCUT2D eigenvalue weighted by Crippen LogP contribution is 2.16. The smallest absolute Gasteiger partial charge is 0.261 e. The second-order valence-corrected chi connectivity index (χ2v) is 5.73. The highest BCUT2D eigenvalue weighted by atomic mass is 16.5. The van der Waals surface area contributed by atoms with Gasteiger partial charge in [0, 0.05) is 6.54 Å². The van der Waals surface area contributed by atoms with E-state index in [1.807, 2.05) is 55.5 Å². The van der Waals surface area contributed by atoms with Gasteiger partial charge in [0.2, 0.25) is 0 Å². The molecule has 0 unspecified atom stereocenters. The van der Waals surface area contributed by atoms with Crippen LogP contribution >= 0.6 is 0 Å². The lowest BCUT2D eigenvalue weighted by Crippen LogP contribution is -2.37. The number of amides is 1. The van der Waals surface area contributed by atoms with E-state index in [9.17, 15) is 4.79 Å². The van der Waals surface area contributed by atoms with Crippen LogP contribution in [0.25, 0.3) is 10.8 Å². The lowest BCUT2D eigenvalue weighted by Gasteiger charge is -2.17. The molecule has 24 heavy (non-hydrogen) atoms. The summed E-state index contributed by atoms with van der Waals surface area (Å²) in [7, 11) is 0. The van der Waals surface area contributed by atoms with Crippen LogP contribution in [-0.2, 0) is 11.3 Å². The molecule has 0 aliphatic heterocycles. The summed E-state index contributed by atoms with van der Waals surface area (Å²) in [6.07, 6.45) is 0.145. The summed E-state index contributed by atoms with van der Waals surface area (Å²) in [5.74, 6) is 0.625. The number of carbonyl (C=O) groups excluding carboxylic acids is 1. The highest BCUT2D eigenvalue weighted by Gasteiger charge is 2.17.